The molecule has 1 aromatic carbocycles. The van der Waals surface area contributed by atoms with Gasteiger partial charge in [0.25, 0.3) is 11.6 Å². The number of rotatable bonds is 3. The molecule has 0 N–H and O–H groups in total. The molecule has 9 heteroatoms. The number of allylic oxidation sites excluding steroid dienone is 1. The first-order chi connectivity index (χ1) is 13.0. The zero-order valence-electron chi connectivity index (χ0n) is 14.1. The SMILES string of the molecule is COc1cccc2cc(C(=O)N3C=NC4C=C([N+](=O)[O-])C=CC43)c(=O)oc12. The van der Waals surface area contributed by atoms with Gasteiger partial charge >= 0.3 is 5.63 Å². The molecule has 27 heavy (non-hydrogen) atoms. The zero-order valence-corrected chi connectivity index (χ0v) is 14.1. The molecule has 2 aliphatic rings. The van der Waals surface area contributed by atoms with E-state index in [0.29, 0.717) is 11.1 Å². The fourth-order valence-corrected chi connectivity index (χ4v) is 3.13. The number of methoxy groups -OCH3 is 1. The highest BCUT2D eigenvalue weighted by Gasteiger charge is 2.37. The molecule has 2 aromatic rings. The maximum absolute atomic E-state index is 12.9. The molecule has 1 aliphatic heterocycles. The highest BCUT2D eigenvalue weighted by Crippen LogP contribution is 2.27. The molecule has 1 aromatic heterocycles. The van der Waals surface area contributed by atoms with Crippen molar-refractivity contribution in [3.63, 3.8) is 0 Å². The Balaban J connectivity index is 1.70. The first-order valence-corrected chi connectivity index (χ1v) is 8.01. The highest BCUT2D eigenvalue weighted by molar-refractivity contribution is 6.03. The van der Waals surface area contributed by atoms with Gasteiger partial charge in [-0.3, -0.25) is 24.8 Å². The smallest absolute Gasteiger partial charge is 0.349 e. The Bertz CT molecular complexity index is 1110. The average molecular weight is 367 g/mol. The lowest BCUT2D eigenvalue weighted by atomic mass is 10.0. The van der Waals surface area contributed by atoms with E-state index in [9.17, 15) is 19.7 Å². The molecule has 1 aliphatic carbocycles. The Kier molecular flexibility index (Phi) is 3.84. The number of nitrogens with zero attached hydrogens (tertiary/aromatic N) is 3. The van der Waals surface area contributed by atoms with Crippen molar-refractivity contribution >= 4 is 23.2 Å². The monoisotopic (exact) mass is 367 g/mol. The Hall–Kier alpha value is -3.75. The molecule has 2 heterocycles. The number of hydrogen-bond acceptors (Lipinski definition) is 7. The molecule has 0 fully saturated rings. The molecule has 2 atom stereocenters. The lowest BCUT2D eigenvalue weighted by Crippen LogP contribution is -2.41. The number of nitro groups is 1. The van der Waals surface area contributed by atoms with Gasteiger partial charge < -0.3 is 9.15 Å². The minimum absolute atomic E-state index is 0.0833. The normalized spacial score (nSPS) is 20.5. The summed E-state index contributed by atoms with van der Waals surface area (Å²) in [5, 5.41) is 11.4. The number of para-hydroxylation sites is 1. The van der Waals surface area contributed by atoms with Crippen LogP contribution in [0.4, 0.5) is 0 Å². The molecule has 4 rings (SSSR count). The van der Waals surface area contributed by atoms with Gasteiger partial charge in [-0.05, 0) is 12.1 Å². The van der Waals surface area contributed by atoms with E-state index in [2.05, 4.69) is 4.99 Å². The van der Waals surface area contributed by atoms with E-state index < -0.39 is 28.5 Å². The number of ether oxygens (including phenoxy) is 1. The van der Waals surface area contributed by atoms with Crippen LogP contribution in [0, 0.1) is 10.1 Å². The van der Waals surface area contributed by atoms with Crippen molar-refractivity contribution in [2.24, 2.45) is 4.99 Å². The summed E-state index contributed by atoms with van der Waals surface area (Å²) in [6.45, 7) is 0. The van der Waals surface area contributed by atoms with E-state index in [1.807, 2.05) is 0 Å². The molecule has 1 amide bonds. The van der Waals surface area contributed by atoms with Crippen molar-refractivity contribution in [2.45, 2.75) is 12.1 Å². The molecular weight excluding hydrogens is 354 g/mol. The summed E-state index contributed by atoms with van der Waals surface area (Å²) >= 11 is 0. The molecule has 0 saturated carbocycles. The van der Waals surface area contributed by atoms with Crippen molar-refractivity contribution < 1.29 is 18.9 Å². The van der Waals surface area contributed by atoms with Crippen LogP contribution in [0.2, 0.25) is 0 Å². The van der Waals surface area contributed by atoms with Gasteiger partial charge in [-0.1, -0.05) is 18.2 Å². The van der Waals surface area contributed by atoms with Crippen LogP contribution in [0.25, 0.3) is 11.0 Å². The third kappa shape index (κ3) is 2.69. The van der Waals surface area contributed by atoms with Crippen LogP contribution in [-0.2, 0) is 0 Å². The van der Waals surface area contributed by atoms with Gasteiger partial charge in [0.2, 0.25) is 0 Å². The largest absolute Gasteiger partial charge is 0.493 e. The summed E-state index contributed by atoms with van der Waals surface area (Å²) < 4.78 is 10.5. The van der Waals surface area contributed by atoms with Gasteiger partial charge in [-0.15, -0.1) is 0 Å². The van der Waals surface area contributed by atoms with Gasteiger partial charge in [0.05, 0.1) is 24.4 Å². The lowest BCUT2D eigenvalue weighted by Gasteiger charge is -2.23. The van der Waals surface area contributed by atoms with Crippen molar-refractivity contribution in [1.82, 2.24) is 4.90 Å². The van der Waals surface area contributed by atoms with Gasteiger partial charge in [0.15, 0.2) is 11.3 Å². The number of hydrogen-bond donors (Lipinski definition) is 0. The first-order valence-electron chi connectivity index (χ1n) is 8.01. The van der Waals surface area contributed by atoms with Gasteiger partial charge in [-0.2, -0.15) is 0 Å². The van der Waals surface area contributed by atoms with Gasteiger partial charge in [0.1, 0.15) is 11.6 Å². The average Bonchev–Trinajstić information content (AvgIpc) is 3.09. The number of amides is 1. The molecule has 0 radical (unpaired) electrons. The summed E-state index contributed by atoms with van der Waals surface area (Å²) in [4.78, 5) is 41.0. The fourth-order valence-electron chi connectivity index (χ4n) is 3.13. The predicted octanol–water partition coefficient (Wildman–Crippen LogP) is 1.75. The lowest BCUT2D eigenvalue weighted by molar-refractivity contribution is -0.419. The zero-order chi connectivity index (χ0) is 19.1. The van der Waals surface area contributed by atoms with Crippen molar-refractivity contribution in [3.05, 3.63) is 74.3 Å². The van der Waals surface area contributed by atoms with Gasteiger partial charge in [0, 0.05) is 17.5 Å². The summed E-state index contributed by atoms with van der Waals surface area (Å²) in [5.74, 6) is -0.202. The number of carbonyl (C=O) groups excluding carboxylic acids is 1. The Labute approximate surface area is 152 Å². The third-order valence-electron chi connectivity index (χ3n) is 4.46. The predicted molar refractivity (Wildman–Crippen MR) is 95.5 cm³/mol. The van der Waals surface area contributed by atoms with Crippen LogP contribution >= 0.6 is 0 Å². The maximum atomic E-state index is 12.9. The van der Waals surface area contributed by atoms with Crippen LogP contribution < -0.4 is 10.4 Å². The summed E-state index contributed by atoms with van der Waals surface area (Å²) in [6.07, 6.45) is 5.52. The molecule has 136 valence electrons. The van der Waals surface area contributed by atoms with E-state index in [4.69, 9.17) is 9.15 Å². The van der Waals surface area contributed by atoms with E-state index in [1.54, 1.807) is 18.2 Å². The van der Waals surface area contributed by atoms with Crippen LogP contribution in [-0.4, -0.2) is 41.3 Å². The Morgan fingerprint density at radius 2 is 2.22 bits per heavy atom. The van der Waals surface area contributed by atoms with E-state index >= 15 is 0 Å². The minimum atomic E-state index is -0.796. The fraction of sp³-hybridized carbons (Fsp3) is 0.167. The van der Waals surface area contributed by atoms with Crippen LogP contribution in [0.1, 0.15) is 10.4 Å². The van der Waals surface area contributed by atoms with E-state index in [0.717, 1.165) is 0 Å². The molecule has 9 nitrogen and oxygen atoms in total. The van der Waals surface area contributed by atoms with E-state index in [-0.39, 0.29) is 16.8 Å². The van der Waals surface area contributed by atoms with Crippen molar-refractivity contribution in [2.75, 3.05) is 7.11 Å². The minimum Gasteiger partial charge on any atom is -0.493 e. The number of aliphatic imine (C=N–C) groups is 1. The highest BCUT2D eigenvalue weighted by atomic mass is 16.6. The quantitative estimate of drug-likeness (QED) is 0.464. The summed E-state index contributed by atoms with van der Waals surface area (Å²) in [5.41, 5.74) is -0.777. The van der Waals surface area contributed by atoms with Crippen LogP contribution in [0.5, 0.6) is 5.75 Å². The Morgan fingerprint density at radius 1 is 1.41 bits per heavy atom. The van der Waals surface area contributed by atoms with Crippen LogP contribution in [0.15, 0.2) is 62.4 Å². The third-order valence-corrected chi connectivity index (χ3v) is 4.46. The maximum Gasteiger partial charge on any atom is 0.349 e. The molecular formula is C18H13N3O6. The number of carbonyl (C=O) groups is 1. The molecule has 0 spiro atoms. The number of benzene rings is 1. The van der Waals surface area contributed by atoms with E-state index in [1.165, 1.54) is 42.6 Å². The number of fused-ring (bicyclic) bond motifs is 2. The first kappa shape index (κ1) is 16.7. The Morgan fingerprint density at radius 3 is 2.96 bits per heavy atom. The van der Waals surface area contributed by atoms with Crippen molar-refractivity contribution in [3.8, 4) is 5.75 Å². The summed E-state index contributed by atoms with van der Waals surface area (Å²) in [6, 6.07) is 5.42. The molecule has 0 saturated heterocycles. The van der Waals surface area contributed by atoms with Crippen LogP contribution in [0.3, 0.4) is 0 Å². The van der Waals surface area contributed by atoms with Gasteiger partial charge in [-0.25, -0.2) is 4.79 Å². The second-order valence-corrected chi connectivity index (χ2v) is 5.99. The van der Waals surface area contributed by atoms with Crippen molar-refractivity contribution in [1.29, 1.82) is 0 Å². The molecule has 0 bridgehead atoms. The second kappa shape index (κ2) is 6.20. The standard InChI is InChI=1S/C18H13N3O6/c1-26-15-4-2-3-10-7-12(18(23)27-16(10)15)17(22)20-9-19-13-8-11(21(24)25)5-6-14(13)20/h2-9,13-14H,1H3. The molecule has 2 unspecified atom stereocenters. The topological polar surface area (TPSA) is 115 Å². The second-order valence-electron chi connectivity index (χ2n) is 5.99. The summed E-state index contributed by atoms with van der Waals surface area (Å²) in [7, 11) is 1.46.